The summed E-state index contributed by atoms with van der Waals surface area (Å²) in [7, 11) is 0. The van der Waals surface area contributed by atoms with Gasteiger partial charge < -0.3 is 10.1 Å². The standard InChI is InChI=1S/C18H25ClN2O3/c1-5-6-9-20-17(22)16(11(2)3)21-14-10-13(19)7-8-15(14)24-12(4)18(21)23/h7-8,10-12,16H,5-6,9H2,1-4H3,(H,20,22)/t12-,16?/m1/s1. The number of nitrogens with zero attached hydrogens (tertiary/aromatic N) is 1. The molecule has 1 aliphatic rings. The van der Waals surface area contributed by atoms with Crippen molar-refractivity contribution in [2.24, 2.45) is 5.92 Å². The molecule has 0 saturated carbocycles. The third-order valence-electron chi connectivity index (χ3n) is 4.08. The second kappa shape index (κ2) is 7.88. The van der Waals surface area contributed by atoms with Crippen molar-refractivity contribution in [2.45, 2.75) is 52.7 Å². The lowest BCUT2D eigenvalue weighted by Crippen LogP contribution is -2.57. The van der Waals surface area contributed by atoms with Gasteiger partial charge in [-0.3, -0.25) is 14.5 Å². The van der Waals surface area contributed by atoms with Gasteiger partial charge in [0, 0.05) is 11.6 Å². The zero-order valence-corrected chi connectivity index (χ0v) is 15.4. The van der Waals surface area contributed by atoms with Crippen molar-refractivity contribution in [1.82, 2.24) is 5.32 Å². The summed E-state index contributed by atoms with van der Waals surface area (Å²) in [5.41, 5.74) is 0.551. The lowest BCUT2D eigenvalue weighted by molar-refractivity contribution is -0.131. The average molecular weight is 353 g/mol. The molecule has 1 N–H and O–H groups in total. The predicted octanol–water partition coefficient (Wildman–Crippen LogP) is 3.39. The van der Waals surface area contributed by atoms with E-state index in [1.165, 1.54) is 0 Å². The predicted molar refractivity (Wildman–Crippen MR) is 95.6 cm³/mol. The minimum atomic E-state index is -0.636. The molecule has 24 heavy (non-hydrogen) atoms. The quantitative estimate of drug-likeness (QED) is 0.798. The molecule has 1 aromatic rings. The van der Waals surface area contributed by atoms with Gasteiger partial charge in [-0.05, 0) is 37.5 Å². The molecule has 5 nitrogen and oxygen atoms in total. The van der Waals surface area contributed by atoms with Gasteiger partial charge in [-0.15, -0.1) is 0 Å². The summed E-state index contributed by atoms with van der Waals surface area (Å²) in [5.74, 6) is 0.146. The molecule has 1 heterocycles. The van der Waals surface area contributed by atoms with E-state index < -0.39 is 12.1 Å². The highest BCUT2D eigenvalue weighted by Gasteiger charge is 2.40. The SMILES string of the molecule is CCCCNC(=O)C(C(C)C)N1C(=O)[C@@H](C)Oc2ccc(Cl)cc21. The first-order valence-electron chi connectivity index (χ1n) is 8.43. The number of hydrogen-bond acceptors (Lipinski definition) is 3. The summed E-state index contributed by atoms with van der Waals surface area (Å²) in [6.07, 6.45) is 1.27. The molecule has 2 amide bonds. The van der Waals surface area contributed by atoms with Gasteiger partial charge in [-0.1, -0.05) is 38.8 Å². The number of hydrogen-bond donors (Lipinski definition) is 1. The van der Waals surface area contributed by atoms with Gasteiger partial charge in [0.1, 0.15) is 11.8 Å². The van der Waals surface area contributed by atoms with Crippen LogP contribution in [0.2, 0.25) is 5.02 Å². The molecule has 0 spiro atoms. The first kappa shape index (κ1) is 18.6. The van der Waals surface area contributed by atoms with Gasteiger partial charge in [-0.25, -0.2) is 0 Å². The molecule has 1 aromatic carbocycles. The Kier molecular flexibility index (Phi) is 6.10. The minimum absolute atomic E-state index is 0.0484. The number of rotatable bonds is 6. The average Bonchev–Trinajstić information content (AvgIpc) is 2.52. The van der Waals surface area contributed by atoms with Crippen LogP contribution in [-0.4, -0.2) is 30.5 Å². The number of ether oxygens (including phenoxy) is 1. The van der Waals surface area contributed by atoms with Crippen molar-refractivity contribution in [1.29, 1.82) is 0 Å². The van der Waals surface area contributed by atoms with E-state index in [1.54, 1.807) is 30.0 Å². The smallest absolute Gasteiger partial charge is 0.268 e. The van der Waals surface area contributed by atoms with Crippen LogP contribution in [0.1, 0.15) is 40.5 Å². The molecule has 0 saturated heterocycles. The van der Waals surface area contributed by atoms with Crippen LogP contribution in [0.3, 0.4) is 0 Å². The largest absolute Gasteiger partial charge is 0.479 e. The maximum Gasteiger partial charge on any atom is 0.268 e. The number of carbonyl (C=O) groups is 2. The Morgan fingerprint density at radius 3 is 2.75 bits per heavy atom. The number of anilines is 1. The second-order valence-corrected chi connectivity index (χ2v) is 6.85. The molecule has 132 valence electrons. The molecule has 6 heteroatoms. The van der Waals surface area contributed by atoms with E-state index in [-0.39, 0.29) is 17.7 Å². The number of halogens is 1. The summed E-state index contributed by atoms with van der Waals surface area (Å²) in [6, 6.07) is 4.53. The molecule has 1 unspecified atom stereocenters. The topological polar surface area (TPSA) is 58.6 Å². The Bertz CT molecular complexity index is 618. The van der Waals surface area contributed by atoms with Gasteiger partial charge >= 0.3 is 0 Å². The molecule has 0 aromatic heterocycles. The van der Waals surface area contributed by atoms with Gasteiger partial charge in [0.2, 0.25) is 5.91 Å². The van der Waals surface area contributed by atoms with Crippen molar-refractivity contribution in [3.63, 3.8) is 0 Å². The van der Waals surface area contributed by atoms with E-state index in [4.69, 9.17) is 16.3 Å². The van der Waals surface area contributed by atoms with Crippen LogP contribution >= 0.6 is 11.6 Å². The van der Waals surface area contributed by atoms with Gasteiger partial charge in [0.15, 0.2) is 6.10 Å². The van der Waals surface area contributed by atoms with Crippen molar-refractivity contribution in [3.05, 3.63) is 23.2 Å². The fourth-order valence-electron chi connectivity index (χ4n) is 2.83. The Morgan fingerprint density at radius 1 is 1.42 bits per heavy atom. The van der Waals surface area contributed by atoms with Crippen LogP contribution in [0.15, 0.2) is 18.2 Å². The second-order valence-electron chi connectivity index (χ2n) is 6.41. The number of benzene rings is 1. The Balaban J connectivity index is 2.39. The Morgan fingerprint density at radius 2 is 2.12 bits per heavy atom. The summed E-state index contributed by atoms with van der Waals surface area (Å²) in [4.78, 5) is 27.0. The summed E-state index contributed by atoms with van der Waals surface area (Å²) >= 11 is 6.10. The van der Waals surface area contributed by atoms with E-state index in [0.29, 0.717) is 23.0 Å². The number of unbranched alkanes of at least 4 members (excludes halogenated alkanes) is 1. The lowest BCUT2D eigenvalue weighted by Gasteiger charge is -2.39. The highest BCUT2D eigenvalue weighted by molar-refractivity contribution is 6.31. The highest BCUT2D eigenvalue weighted by Crippen LogP contribution is 2.38. The molecule has 0 fully saturated rings. The molecule has 1 aliphatic heterocycles. The van der Waals surface area contributed by atoms with E-state index in [0.717, 1.165) is 12.8 Å². The lowest BCUT2D eigenvalue weighted by atomic mass is 9.98. The van der Waals surface area contributed by atoms with E-state index in [2.05, 4.69) is 12.2 Å². The highest BCUT2D eigenvalue weighted by atomic mass is 35.5. The van der Waals surface area contributed by atoms with E-state index >= 15 is 0 Å². The van der Waals surface area contributed by atoms with Crippen LogP contribution in [0.25, 0.3) is 0 Å². The van der Waals surface area contributed by atoms with Crippen LogP contribution in [-0.2, 0) is 9.59 Å². The van der Waals surface area contributed by atoms with Crippen LogP contribution in [0, 0.1) is 5.92 Å². The molecule has 0 aliphatic carbocycles. The van der Waals surface area contributed by atoms with E-state index in [1.807, 2.05) is 13.8 Å². The van der Waals surface area contributed by atoms with E-state index in [9.17, 15) is 9.59 Å². The van der Waals surface area contributed by atoms with Crippen molar-refractivity contribution in [3.8, 4) is 5.75 Å². The summed E-state index contributed by atoms with van der Waals surface area (Å²) < 4.78 is 5.66. The zero-order valence-electron chi connectivity index (χ0n) is 14.6. The van der Waals surface area contributed by atoms with Crippen molar-refractivity contribution in [2.75, 3.05) is 11.4 Å². The zero-order chi connectivity index (χ0) is 17.9. The monoisotopic (exact) mass is 352 g/mol. The summed E-state index contributed by atoms with van der Waals surface area (Å²) in [5, 5.41) is 3.44. The number of carbonyl (C=O) groups excluding carboxylic acids is 2. The minimum Gasteiger partial charge on any atom is -0.479 e. The number of amides is 2. The molecular formula is C18H25ClN2O3. The van der Waals surface area contributed by atoms with Crippen molar-refractivity contribution >= 4 is 29.1 Å². The molecule has 2 rings (SSSR count). The fourth-order valence-corrected chi connectivity index (χ4v) is 3.00. The van der Waals surface area contributed by atoms with Gasteiger partial charge in [-0.2, -0.15) is 0 Å². The number of fused-ring (bicyclic) bond motifs is 1. The maximum atomic E-state index is 12.8. The van der Waals surface area contributed by atoms with Crippen molar-refractivity contribution < 1.29 is 14.3 Å². The Labute approximate surface area is 148 Å². The van der Waals surface area contributed by atoms with Gasteiger partial charge in [0.05, 0.1) is 5.69 Å². The van der Waals surface area contributed by atoms with Crippen LogP contribution in [0.4, 0.5) is 5.69 Å². The maximum absolute atomic E-state index is 12.8. The normalized spacial score (nSPS) is 18.2. The first-order chi connectivity index (χ1) is 11.4. The van der Waals surface area contributed by atoms with Gasteiger partial charge in [0.25, 0.3) is 5.91 Å². The molecular weight excluding hydrogens is 328 g/mol. The molecule has 0 bridgehead atoms. The molecule has 0 radical (unpaired) electrons. The van der Waals surface area contributed by atoms with Crippen LogP contribution < -0.4 is 15.0 Å². The molecule has 2 atom stereocenters. The summed E-state index contributed by atoms with van der Waals surface area (Å²) in [6.45, 7) is 8.23. The fraction of sp³-hybridized carbons (Fsp3) is 0.556. The number of nitrogens with one attached hydrogen (secondary N) is 1. The third-order valence-corrected chi connectivity index (χ3v) is 4.31. The third kappa shape index (κ3) is 3.83. The Hall–Kier alpha value is -1.75. The first-order valence-corrected chi connectivity index (χ1v) is 8.81. The van der Waals surface area contributed by atoms with Crippen LogP contribution in [0.5, 0.6) is 5.75 Å².